The van der Waals surface area contributed by atoms with Crippen LogP contribution in [0.4, 0.5) is 0 Å². The molecule has 1 unspecified atom stereocenters. The van der Waals surface area contributed by atoms with Gasteiger partial charge < -0.3 is 15.5 Å². The topological polar surface area (TPSA) is 68.3 Å². The SMILES string of the molecule is CC(Cc1ccco1)NCCC(N)=O. The maximum atomic E-state index is 10.5. The number of carbonyl (C=O) groups excluding carboxylic acids is 1. The van der Waals surface area contributed by atoms with Crippen molar-refractivity contribution in [2.45, 2.75) is 25.8 Å². The molecule has 1 amide bonds. The Labute approximate surface area is 83.5 Å². The van der Waals surface area contributed by atoms with E-state index in [9.17, 15) is 4.79 Å². The number of nitrogens with two attached hydrogens (primary N) is 1. The van der Waals surface area contributed by atoms with Gasteiger partial charge in [-0.15, -0.1) is 0 Å². The molecule has 78 valence electrons. The van der Waals surface area contributed by atoms with E-state index in [2.05, 4.69) is 5.32 Å². The first-order chi connectivity index (χ1) is 6.68. The first kappa shape index (κ1) is 10.8. The van der Waals surface area contributed by atoms with E-state index in [4.69, 9.17) is 10.2 Å². The summed E-state index contributed by atoms with van der Waals surface area (Å²) < 4.78 is 5.20. The molecule has 1 rings (SSSR count). The molecule has 4 heteroatoms. The van der Waals surface area contributed by atoms with Crippen LogP contribution in [0.5, 0.6) is 0 Å². The van der Waals surface area contributed by atoms with Gasteiger partial charge in [0.1, 0.15) is 5.76 Å². The molecule has 0 spiro atoms. The smallest absolute Gasteiger partial charge is 0.218 e. The summed E-state index contributed by atoms with van der Waals surface area (Å²) in [5.41, 5.74) is 5.02. The third-order valence-electron chi connectivity index (χ3n) is 1.95. The first-order valence-corrected chi connectivity index (χ1v) is 4.72. The summed E-state index contributed by atoms with van der Waals surface area (Å²) in [6.45, 7) is 2.67. The molecule has 1 aromatic heterocycles. The van der Waals surface area contributed by atoms with Crippen LogP contribution in [0.3, 0.4) is 0 Å². The minimum atomic E-state index is -0.275. The minimum Gasteiger partial charge on any atom is -0.469 e. The zero-order chi connectivity index (χ0) is 10.4. The lowest BCUT2D eigenvalue weighted by Crippen LogP contribution is -2.31. The monoisotopic (exact) mass is 196 g/mol. The average molecular weight is 196 g/mol. The van der Waals surface area contributed by atoms with Crippen molar-refractivity contribution < 1.29 is 9.21 Å². The zero-order valence-corrected chi connectivity index (χ0v) is 8.32. The van der Waals surface area contributed by atoms with E-state index >= 15 is 0 Å². The molecule has 0 aromatic carbocycles. The third kappa shape index (κ3) is 4.09. The van der Waals surface area contributed by atoms with Crippen LogP contribution in [0.25, 0.3) is 0 Å². The van der Waals surface area contributed by atoms with Crippen molar-refractivity contribution in [3.8, 4) is 0 Å². The summed E-state index contributed by atoms with van der Waals surface area (Å²) in [5, 5.41) is 3.19. The van der Waals surface area contributed by atoms with Crippen molar-refractivity contribution in [1.29, 1.82) is 0 Å². The lowest BCUT2D eigenvalue weighted by atomic mass is 10.2. The van der Waals surface area contributed by atoms with Gasteiger partial charge >= 0.3 is 0 Å². The molecule has 0 aliphatic heterocycles. The van der Waals surface area contributed by atoms with Gasteiger partial charge in [0, 0.05) is 25.4 Å². The van der Waals surface area contributed by atoms with E-state index in [-0.39, 0.29) is 5.91 Å². The quantitative estimate of drug-likeness (QED) is 0.702. The molecule has 0 fully saturated rings. The number of hydrogen-bond acceptors (Lipinski definition) is 3. The Balaban J connectivity index is 2.16. The van der Waals surface area contributed by atoms with E-state index in [0.717, 1.165) is 12.2 Å². The summed E-state index contributed by atoms with van der Waals surface area (Å²) in [6, 6.07) is 4.10. The molecule has 14 heavy (non-hydrogen) atoms. The summed E-state index contributed by atoms with van der Waals surface area (Å²) in [7, 11) is 0. The van der Waals surface area contributed by atoms with Crippen molar-refractivity contribution in [1.82, 2.24) is 5.32 Å². The van der Waals surface area contributed by atoms with Crippen LogP contribution in [0.1, 0.15) is 19.1 Å². The molecule has 0 saturated heterocycles. The highest BCUT2D eigenvalue weighted by molar-refractivity contribution is 5.73. The van der Waals surface area contributed by atoms with Gasteiger partial charge in [-0.3, -0.25) is 4.79 Å². The lowest BCUT2D eigenvalue weighted by Gasteiger charge is -2.10. The zero-order valence-electron chi connectivity index (χ0n) is 8.32. The standard InChI is InChI=1S/C10H16N2O2/c1-8(12-5-4-10(11)13)7-9-3-2-6-14-9/h2-3,6,8,12H,4-5,7H2,1H3,(H2,11,13). The van der Waals surface area contributed by atoms with Crippen molar-refractivity contribution in [2.24, 2.45) is 5.73 Å². The van der Waals surface area contributed by atoms with Crippen LogP contribution in [-0.2, 0) is 11.2 Å². The molecule has 0 aliphatic carbocycles. The number of amides is 1. The first-order valence-electron chi connectivity index (χ1n) is 4.72. The molecule has 3 N–H and O–H groups in total. The molecule has 1 atom stereocenters. The van der Waals surface area contributed by atoms with Crippen LogP contribution < -0.4 is 11.1 Å². The van der Waals surface area contributed by atoms with Gasteiger partial charge in [-0.2, -0.15) is 0 Å². The third-order valence-corrected chi connectivity index (χ3v) is 1.95. The fraction of sp³-hybridized carbons (Fsp3) is 0.500. The van der Waals surface area contributed by atoms with Gasteiger partial charge in [0.25, 0.3) is 0 Å². The molecule has 0 radical (unpaired) electrons. The number of furan rings is 1. The van der Waals surface area contributed by atoms with Crippen molar-refractivity contribution in [3.63, 3.8) is 0 Å². The van der Waals surface area contributed by atoms with Gasteiger partial charge in [0.15, 0.2) is 0 Å². The van der Waals surface area contributed by atoms with Crippen molar-refractivity contribution in [2.75, 3.05) is 6.54 Å². The second-order valence-electron chi connectivity index (χ2n) is 3.35. The van der Waals surface area contributed by atoms with Crippen molar-refractivity contribution in [3.05, 3.63) is 24.2 Å². The maximum absolute atomic E-state index is 10.5. The van der Waals surface area contributed by atoms with Gasteiger partial charge in [0.2, 0.25) is 5.91 Å². The Morgan fingerprint density at radius 1 is 1.71 bits per heavy atom. The number of nitrogens with one attached hydrogen (secondary N) is 1. The fourth-order valence-electron chi connectivity index (χ4n) is 1.24. The molecule has 1 aromatic rings. The van der Waals surface area contributed by atoms with Gasteiger partial charge in [-0.1, -0.05) is 0 Å². The summed E-state index contributed by atoms with van der Waals surface area (Å²) >= 11 is 0. The van der Waals surface area contributed by atoms with Crippen LogP contribution >= 0.6 is 0 Å². The van der Waals surface area contributed by atoms with E-state index in [1.807, 2.05) is 19.1 Å². The second kappa shape index (κ2) is 5.44. The molecule has 0 bridgehead atoms. The highest BCUT2D eigenvalue weighted by Gasteiger charge is 2.04. The Morgan fingerprint density at radius 2 is 2.50 bits per heavy atom. The number of primary amides is 1. The Hall–Kier alpha value is -1.29. The fourth-order valence-corrected chi connectivity index (χ4v) is 1.24. The normalized spacial score (nSPS) is 12.6. The Kier molecular flexibility index (Phi) is 4.19. The highest BCUT2D eigenvalue weighted by Crippen LogP contribution is 2.03. The molecule has 1 heterocycles. The number of carbonyl (C=O) groups is 1. The molecule has 0 aliphatic rings. The summed E-state index contributed by atoms with van der Waals surface area (Å²) in [6.07, 6.45) is 2.86. The summed E-state index contributed by atoms with van der Waals surface area (Å²) in [5.74, 6) is 0.673. The predicted molar refractivity (Wildman–Crippen MR) is 53.7 cm³/mol. The molecular formula is C10H16N2O2. The van der Waals surface area contributed by atoms with E-state index in [1.165, 1.54) is 0 Å². The summed E-state index contributed by atoms with van der Waals surface area (Å²) in [4.78, 5) is 10.5. The number of hydrogen-bond donors (Lipinski definition) is 2. The van der Waals surface area contributed by atoms with E-state index < -0.39 is 0 Å². The Bertz CT molecular complexity index is 270. The largest absolute Gasteiger partial charge is 0.469 e. The average Bonchev–Trinajstić information content (AvgIpc) is 2.56. The van der Waals surface area contributed by atoms with Gasteiger partial charge in [-0.05, 0) is 19.1 Å². The minimum absolute atomic E-state index is 0.275. The molecular weight excluding hydrogens is 180 g/mol. The maximum Gasteiger partial charge on any atom is 0.218 e. The van der Waals surface area contributed by atoms with Crippen molar-refractivity contribution >= 4 is 5.91 Å². The van der Waals surface area contributed by atoms with Crippen LogP contribution in [0.2, 0.25) is 0 Å². The molecule has 0 saturated carbocycles. The van der Waals surface area contributed by atoms with Crippen LogP contribution in [-0.4, -0.2) is 18.5 Å². The van der Waals surface area contributed by atoms with Gasteiger partial charge in [-0.25, -0.2) is 0 Å². The van der Waals surface area contributed by atoms with Crippen LogP contribution in [0.15, 0.2) is 22.8 Å². The van der Waals surface area contributed by atoms with E-state index in [1.54, 1.807) is 6.26 Å². The highest BCUT2D eigenvalue weighted by atomic mass is 16.3. The van der Waals surface area contributed by atoms with Gasteiger partial charge in [0.05, 0.1) is 6.26 Å². The second-order valence-corrected chi connectivity index (χ2v) is 3.35. The molecule has 4 nitrogen and oxygen atoms in total. The van der Waals surface area contributed by atoms with Crippen LogP contribution in [0, 0.1) is 0 Å². The Morgan fingerprint density at radius 3 is 3.07 bits per heavy atom. The predicted octanol–water partition coefficient (Wildman–Crippen LogP) is 0.676. The van der Waals surface area contributed by atoms with E-state index in [0.29, 0.717) is 19.0 Å². The lowest BCUT2D eigenvalue weighted by molar-refractivity contribution is -0.117. The number of rotatable bonds is 6.